The highest BCUT2D eigenvalue weighted by Crippen LogP contribution is 2.24. The van der Waals surface area contributed by atoms with Crippen LogP contribution in [0.5, 0.6) is 0 Å². The molecule has 1 saturated heterocycles. The monoisotopic (exact) mass is 213 g/mol. The molecule has 4 nitrogen and oxygen atoms in total. The molecule has 0 saturated carbocycles. The SMILES string of the molecule is CCC(CC(=N)N)N1CCC(C)(O)CC1. The average molecular weight is 213 g/mol. The number of piperidine rings is 1. The molecule has 4 N–H and O–H groups in total. The van der Waals surface area contributed by atoms with E-state index in [1.807, 2.05) is 6.92 Å². The van der Waals surface area contributed by atoms with Gasteiger partial charge in [-0.15, -0.1) is 0 Å². The van der Waals surface area contributed by atoms with Gasteiger partial charge in [-0.25, -0.2) is 0 Å². The van der Waals surface area contributed by atoms with Crippen LogP contribution in [0.4, 0.5) is 0 Å². The highest BCUT2D eigenvalue weighted by molar-refractivity contribution is 5.77. The molecule has 1 aliphatic heterocycles. The number of amidine groups is 1. The van der Waals surface area contributed by atoms with Crippen molar-refractivity contribution in [2.75, 3.05) is 13.1 Å². The zero-order valence-corrected chi connectivity index (χ0v) is 9.79. The third-order valence-corrected chi connectivity index (χ3v) is 3.32. The van der Waals surface area contributed by atoms with Gasteiger partial charge in [0.2, 0.25) is 0 Å². The van der Waals surface area contributed by atoms with E-state index in [1.165, 1.54) is 0 Å². The van der Waals surface area contributed by atoms with Crippen molar-refractivity contribution in [3.63, 3.8) is 0 Å². The van der Waals surface area contributed by atoms with E-state index in [0.717, 1.165) is 32.4 Å². The molecule has 4 heteroatoms. The van der Waals surface area contributed by atoms with Crippen molar-refractivity contribution in [3.05, 3.63) is 0 Å². The first kappa shape index (κ1) is 12.5. The Morgan fingerprint density at radius 3 is 2.47 bits per heavy atom. The molecule has 1 atom stereocenters. The molecular formula is C11H23N3O. The van der Waals surface area contributed by atoms with Crippen LogP contribution >= 0.6 is 0 Å². The van der Waals surface area contributed by atoms with Gasteiger partial charge in [0, 0.05) is 25.6 Å². The Bertz CT molecular complexity index is 218. The summed E-state index contributed by atoms with van der Waals surface area (Å²) >= 11 is 0. The first-order chi connectivity index (χ1) is 6.94. The Labute approximate surface area is 92.0 Å². The van der Waals surface area contributed by atoms with Crippen LogP contribution in [0.2, 0.25) is 0 Å². The summed E-state index contributed by atoms with van der Waals surface area (Å²) in [6, 6.07) is 0.374. The lowest BCUT2D eigenvalue weighted by Gasteiger charge is -2.39. The molecule has 0 aromatic rings. The molecule has 0 radical (unpaired) electrons. The number of rotatable bonds is 4. The molecule has 0 bridgehead atoms. The molecular weight excluding hydrogens is 190 g/mol. The summed E-state index contributed by atoms with van der Waals surface area (Å²) < 4.78 is 0. The number of hydrogen-bond acceptors (Lipinski definition) is 3. The number of likely N-dealkylation sites (tertiary alicyclic amines) is 1. The topological polar surface area (TPSA) is 73.3 Å². The van der Waals surface area contributed by atoms with E-state index in [1.54, 1.807) is 0 Å². The fourth-order valence-corrected chi connectivity index (χ4v) is 2.16. The van der Waals surface area contributed by atoms with Gasteiger partial charge in [0.1, 0.15) is 0 Å². The van der Waals surface area contributed by atoms with Crippen molar-refractivity contribution in [2.45, 2.75) is 51.2 Å². The molecule has 1 fully saturated rings. The van der Waals surface area contributed by atoms with Crippen LogP contribution in [0.15, 0.2) is 0 Å². The number of nitrogens with two attached hydrogens (primary N) is 1. The minimum absolute atomic E-state index is 0.263. The van der Waals surface area contributed by atoms with Crippen molar-refractivity contribution in [2.24, 2.45) is 5.73 Å². The Morgan fingerprint density at radius 2 is 2.07 bits per heavy atom. The van der Waals surface area contributed by atoms with Crippen LogP contribution < -0.4 is 5.73 Å². The third kappa shape index (κ3) is 3.80. The van der Waals surface area contributed by atoms with Crippen LogP contribution in [0.3, 0.4) is 0 Å². The van der Waals surface area contributed by atoms with E-state index in [9.17, 15) is 5.11 Å². The standard InChI is InChI=1S/C11H23N3O/c1-3-9(8-10(12)13)14-6-4-11(2,15)5-7-14/h9,15H,3-8H2,1-2H3,(H3,12,13). The third-order valence-electron chi connectivity index (χ3n) is 3.32. The highest BCUT2D eigenvalue weighted by Gasteiger charge is 2.30. The van der Waals surface area contributed by atoms with E-state index in [-0.39, 0.29) is 5.84 Å². The summed E-state index contributed by atoms with van der Waals surface area (Å²) in [5.74, 6) is 0.263. The maximum atomic E-state index is 9.83. The molecule has 15 heavy (non-hydrogen) atoms. The lowest BCUT2D eigenvalue weighted by atomic mass is 9.92. The summed E-state index contributed by atoms with van der Waals surface area (Å²) in [6.45, 7) is 5.86. The molecule has 88 valence electrons. The largest absolute Gasteiger partial charge is 0.390 e. The summed E-state index contributed by atoms with van der Waals surface area (Å²) in [5.41, 5.74) is 4.94. The Morgan fingerprint density at radius 1 is 1.53 bits per heavy atom. The molecule has 1 unspecified atom stereocenters. The minimum atomic E-state index is -0.495. The van der Waals surface area contributed by atoms with Gasteiger partial charge in [-0.3, -0.25) is 10.3 Å². The normalized spacial score (nSPS) is 23.7. The quantitative estimate of drug-likeness (QED) is 0.480. The maximum Gasteiger partial charge on any atom is 0.0921 e. The predicted octanol–water partition coefficient (Wildman–Crippen LogP) is 0.938. The first-order valence-corrected chi connectivity index (χ1v) is 5.74. The van der Waals surface area contributed by atoms with E-state index < -0.39 is 5.60 Å². The molecule has 0 aromatic heterocycles. The number of hydrogen-bond donors (Lipinski definition) is 3. The summed E-state index contributed by atoms with van der Waals surface area (Å²) in [7, 11) is 0. The lowest BCUT2D eigenvalue weighted by Crippen LogP contribution is -2.47. The van der Waals surface area contributed by atoms with Crippen LogP contribution in [0.1, 0.15) is 39.5 Å². The number of nitrogens with zero attached hydrogens (tertiary/aromatic N) is 1. The first-order valence-electron chi connectivity index (χ1n) is 5.74. The van der Waals surface area contributed by atoms with Crippen LogP contribution in [-0.2, 0) is 0 Å². The zero-order valence-electron chi connectivity index (χ0n) is 9.79. The van der Waals surface area contributed by atoms with Crippen molar-refractivity contribution in [1.82, 2.24) is 4.90 Å². The van der Waals surface area contributed by atoms with Gasteiger partial charge >= 0.3 is 0 Å². The summed E-state index contributed by atoms with van der Waals surface area (Å²) in [4.78, 5) is 2.35. The van der Waals surface area contributed by atoms with E-state index in [2.05, 4.69) is 11.8 Å². The van der Waals surface area contributed by atoms with E-state index in [4.69, 9.17) is 11.1 Å². The summed E-state index contributed by atoms with van der Waals surface area (Å²) in [6.07, 6.45) is 3.31. The second-order valence-corrected chi connectivity index (χ2v) is 4.82. The van der Waals surface area contributed by atoms with E-state index in [0.29, 0.717) is 12.5 Å². The van der Waals surface area contributed by atoms with Crippen molar-refractivity contribution in [3.8, 4) is 0 Å². The van der Waals surface area contributed by atoms with Gasteiger partial charge in [-0.05, 0) is 26.2 Å². The van der Waals surface area contributed by atoms with Gasteiger partial charge in [-0.1, -0.05) is 6.92 Å². The molecule has 1 aliphatic rings. The molecule has 1 heterocycles. The second kappa shape index (κ2) is 4.94. The van der Waals surface area contributed by atoms with Gasteiger partial charge in [0.25, 0.3) is 0 Å². The molecule has 0 amide bonds. The fraction of sp³-hybridized carbons (Fsp3) is 0.909. The zero-order chi connectivity index (χ0) is 11.5. The Hall–Kier alpha value is -0.610. The Balaban J connectivity index is 2.46. The van der Waals surface area contributed by atoms with Gasteiger partial charge in [0.15, 0.2) is 0 Å². The second-order valence-electron chi connectivity index (χ2n) is 4.82. The predicted molar refractivity (Wildman–Crippen MR) is 62.0 cm³/mol. The smallest absolute Gasteiger partial charge is 0.0921 e. The van der Waals surface area contributed by atoms with Gasteiger partial charge < -0.3 is 10.8 Å². The molecule has 1 rings (SSSR count). The summed E-state index contributed by atoms with van der Waals surface area (Å²) in [5, 5.41) is 17.2. The molecule has 0 aromatic carbocycles. The van der Waals surface area contributed by atoms with Crippen molar-refractivity contribution < 1.29 is 5.11 Å². The fourth-order valence-electron chi connectivity index (χ4n) is 2.16. The number of aliphatic hydroxyl groups is 1. The van der Waals surface area contributed by atoms with E-state index >= 15 is 0 Å². The highest BCUT2D eigenvalue weighted by atomic mass is 16.3. The van der Waals surface area contributed by atoms with Crippen LogP contribution in [0.25, 0.3) is 0 Å². The van der Waals surface area contributed by atoms with Crippen LogP contribution in [0, 0.1) is 5.41 Å². The van der Waals surface area contributed by atoms with Gasteiger partial charge in [-0.2, -0.15) is 0 Å². The molecule has 0 aliphatic carbocycles. The molecule has 0 spiro atoms. The Kier molecular flexibility index (Phi) is 4.11. The maximum absolute atomic E-state index is 9.83. The van der Waals surface area contributed by atoms with Crippen molar-refractivity contribution >= 4 is 5.84 Å². The van der Waals surface area contributed by atoms with Gasteiger partial charge in [0.05, 0.1) is 11.4 Å². The minimum Gasteiger partial charge on any atom is -0.390 e. The van der Waals surface area contributed by atoms with Crippen molar-refractivity contribution in [1.29, 1.82) is 5.41 Å². The number of nitrogens with one attached hydrogen (secondary N) is 1. The lowest BCUT2D eigenvalue weighted by molar-refractivity contribution is -0.0162. The average Bonchev–Trinajstić information content (AvgIpc) is 2.14. The van der Waals surface area contributed by atoms with Crippen LogP contribution in [-0.4, -0.2) is 40.6 Å².